The molecule has 1 heterocycles. The Hall–Kier alpha value is -1.93. The molecule has 0 radical (unpaired) electrons. The molecular weight excluding hydrogens is 247 g/mol. The summed E-state index contributed by atoms with van der Waals surface area (Å²) in [6, 6.07) is 6.11. The zero-order chi connectivity index (χ0) is 14.0. The van der Waals surface area contributed by atoms with Gasteiger partial charge in [-0.1, -0.05) is 0 Å². The van der Waals surface area contributed by atoms with Crippen molar-refractivity contribution in [1.29, 1.82) is 5.26 Å². The molecule has 1 aliphatic heterocycles. The first kappa shape index (κ1) is 13.5. The minimum Gasteiger partial charge on any atom is -0.480 e. The summed E-state index contributed by atoms with van der Waals surface area (Å²) in [6.45, 7) is 2.50. The molecule has 1 aromatic rings. The smallest absolute Gasteiger partial charge is 0.323 e. The molecular formula is C14H15FN2O2. The summed E-state index contributed by atoms with van der Waals surface area (Å²) in [4.78, 5) is 13.1. The molecule has 0 bridgehead atoms. The summed E-state index contributed by atoms with van der Waals surface area (Å²) in [5.41, 5.74) is -0.198. The lowest BCUT2D eigenvalue weighted by Crippen LogP contribution is -2.47. The Labute approximate surface area is 111 Å². The topological polar surface area (TPSA) is 64.3 Å². The van der Waals surface area contributed by atoms with Gasteiger partial charge in [0.25, 0.3) is 0 Å². The normalized spacial score (nSPS) is 23.2. The predicted molar refractivity (Wildman–Crippen MR) is 66.8 cm³/mol. The van der Waals surface area contributed by atoms with Gasteiger partial charge in [-0.25, -0.2) is 4.39 Å². The van der Waals surface area contributed by atoms with Crippen molar-refractivity contribution in [3.8, 4) is 6.07 Å². The van der Waals surface area contributed by atoms with Crippen molar-refractivity contribution in [3.63, 3.8) is 0 Å². The molecule has 0 spiro atoms. The third-order valence-electron chi connectivity index (χ3n) is 3.79. The largest absolute Gasteiger partial charge is 0.480 e. The first-order valence-electron chi connectivity index (χ1n) is 6.14. The van der Waals surface area contributed by atoms with Crippen molar-refractivity contribution in [1.82, 2.24) is 4.90 Å². The van der Waals surface area contributed by atoms with E-state index in [9.17, 15) is 14.3 Å². The molecule has 1 unspecified atom stereocenters. The van der Waals surface area contributed by atoms with E-state index in [-0.39, 0.29) is 6.54 Å². The number of carboxylic acid groups (broad SMARTS) is 1. The van der Waals surface area contributed by atoms with Crippen LogP contribution in [0.3, 0.4) is 0 Å². The number of nitriles is 1. The number of hydrogen-bond acceptors (Lipinski definition) is 3. The van der Waals surface area contributed by atoms with E-state index in [2.05, 4.69) is 0 Å². The predicted octanol–water partition coefficient (Wildman–Crippen LogP) is 2.14. The zero-order valence-electron chi connectivity index (χ0n) is 10.7. The van der Waals surface area contributed by atoms with Crippen LogP contribution in [-0.2, 0) is 11.3 Å². The molecule has 100 valence electrons. The number of hydrogen-bond donors (Lipinski definition) is 1. The molecule has 0 amide bonds. The van der Waals surface area contributed by atoms with Crippen LogP contribution in [0.2, 0.25) is 0 Å². The summed E-state index contributed by atoms with van der Waals surface area (Å²) >= 11 is 0. The molecule has 0 aromatic heterocycles. The fraction of sp³-hybridized carbons (Fsp3) is 0.429. The first-order valence-corrected chi connectivity index (χ1v) is 6.14. The number of benzene rings is 1. The van der Waals surface area contributed by atoms with Crippen molar-refractivity contribution < 1.29 is 14.3 Å². The Morgan fingerprint density at radius 1 is 1.63 bits per heavy atom. The lowest BCUT2D eigenvalue weighted by molar-refractivity contribution is -0.148. The second-order valence-electron chi connectivity index (χ2n) is 5.02. The first-order chi connectivity index (χ1) is 8.97. The van der Waals surface area contributed by atoms with Gasteiger partial charge in [0.1, 0.15) is 11.4 Å². The van der Waals surface area contributed by atoms with Gasteiger partial charge in [-0.15, -0.1) is 0 Å². The van der Waals surface area contributed by atoms with Gasteiger partial charge in [0.2, 0.25) is 0 Å². The maximum atomic E-state index is 13.7. The summed E-state index contributed by atoms with van der Waals surface area (Å²) in [7, 11) is 0. The van der Waals surface area contributed by atoms with Gasteiger partial charge >= 0.3 is 5.97 Å². The molecule has 1 N–H and O–H groups in total. The molecule has 2 rings (SSSR count). The Morgan fingerprint density at radius 3 is 3.00 bits per heavy atom. The van der Waals surface area contributed by atoms with Crippen LogP contribution in [0.4, 0.5) is 4.39 Å². The number of carboxylic acids is 1. The molecule has 1 saturated heterocycles. The standard InChI is InChI=1S/C14H15FN2O2/c1-14(13(18)19)5-2-6-17(14)9-11-7-10(8-16)3-4-12(11)15/h3-4,7H,2,5-6,9H2,1H3,(H,18,19). The lowest BCUT2D eigenvalue weighted by atomic mass is 9.98. The Morgan fingerprint density at radius 2 is 2.37 bits per heavy atom. The van der Waals surface area contributed by atoms with E-state index in [0.29, 0.717) is 24.1 Å². The van der Waals surface area contributed by atoms with E-state index >= 15 is 0 Å². The summed E-state index contributed by atoms with van der Waals surface area (Å²) < 4.78 is 13.7. The van der Waals surface area contributed by atoms with Crippen molar-refractivity contribution in [2.75, 3.05) is 6.54 Å². The number of likely N-dealkylation sites (tertiary alicyclic amines) is 1. The minimum absolute atomic E-state index is 0.212. The van der Waals surface area contributed by atoms with Crippen LogP contribution >= 0.6 is 0 Å². The maximum Gasteiger partial charge on any atom is 0.323 e. The van der Waals surface area contributed by atoms with Gasteiger partial charge in [-0.3, -0.25) is 9.69 Å². The number of carbonyl (C=O) groups is 1. The van der Waals surface area contributed by atoms with Gasteiger partial charge in [-0.2, -0.15) is 5.26 Å². The van der Waals surface area contributed by atoms with Crippen LogP contribution in [0.15, 0.2) is 18.2 Å². The number of aliphatic carboxylic acids is 1. The average molecular weight is 262 g/mol. The highest BCUT2D eigenvalue weighted by atomic mass is 19.1. The van der Waals surface area contributed by atoms with Crippen LogP contribution < -0.4 is 0 Å². The monoisotopic (exact) mass is 262 g/mol. The van der Waals surface area contributed by atoms with Crippen molar-refractivity contribution in [2.45, 2.75) is 31.8 Å². The molecule has 1 atom stereocenters. The molecule has 1 fully saturated rings. The third-order valence-corrected chi connectivity index (χ3v) is 3.79. The highest BCUT2D eigenvalue weighted by Gasteiger charge is 2.43. The summed E-state index contributed by atoms with van der Waals surface area (Å²) in [6.07, 6.45) is 1.34. The van der Waals surface area contributed by atoms with Crippen LogP contribution in [0.1, 0.15) is 30.9 Å². The zero-order valence-corrected chi connectivity index (χ0v) is 10.7. The highest BCUT2D eigenvalue weighted by Crippen LogP contribution is 2.31. The second kappa shape index (κ2) is 4.98. The summed E-state index contributed by atoms with van der Waals surface area (Å²) in [5, 5.41) is 18.1. The molecule has 1 aliphatic rings. The Balaban J connectivity index is 2.26. The maximum absolute atomic E-state index is 13.7. The molecule has 0 saturated carbocycles. The van der Waals surface area contributed by atoms with E-state index in [1.165, 1.54) is 18.2 Å². The summed E-state index contributed by atoms with van der Waals surface area (Å²) in [5.74, 6) is -1.29. The number of nitrogens with zero attached hydrogens (tertiary/aromatic N) is 2. The lowest BCUT2D eigenvalue weighted by Gasteiger charge is -2.31. The van der Waals surface area contributed by atoms with Gasteiger partial charge < -0.3 is 5.11 Å². The van der Waals surface area contributed by atoms with E-state index in [1.807, 2.05) is 6.07 Å². The van der Waals surface area contributed by atoms with Gasteiger partial charge in [0.05, 0.1) is 11.6 Å². The molecule has 19 heavy (non-hydrogen) atoms. The SMILES string of the molecule is CC1(C(=O)O)CCCN1Cc1cc(C#N)ccc1F. The number of halogens is 1. The van der Waals surface area contributed by atoms with Gasteiger partial charge in [0, 0.05) is 12.1 Å². The fourth-order valence-electron chi connectivity index (χ4n) is 2.49. The van der Waals surface area contributed by atoms with Crippen molar-refractivity contribution in [2.24, 2.45) is 0 Å². The van der Waals surface area contributed by atoms with E-state index in [0.717, 1.165) is 6.42 Å². The molecule has 0 aliphatic carbocycles. The number of rotatable bonds is 3. The minimum atomic E-state index is -0.949. The molecule has 5 heteroatoms. The Kier molecular flexibility index (Phi) is 3.54. The molecule has 4 nitrogen and oxygen atoms in total. The fourth-order valence-corrected chi connectivity index (χ4v) is 2.49. The average Bonchev–Trinajstić information content (AvgIpc) is 2.75. The van der Waals surface area contributed by atoms with Crippen LogP contribution in [0.25, 0.3) is 0 Å². The quantitative estimate of drug-likeness (QED) is 0.906. The highest BCUT2D eigenvalue weighted by molar-refractivity contribution is 5.78. The van der Waals surface area contributed by atoms with Crippen molar-refractivity contribution >= 4 is 5.97 Å². The van der Waals surface area contributed by atoms with E-state index < -0.39 is 17.3 Å². The van der Waals surface area contributed by atoms with Gasteiger partial charge in [-0.05, 0) is 44.5 Å². The van der Waals surface area contributed by atoms with Crippen LogP contribution in [-0.4, -0.2) is 28.1 Å². The Bertz CT molecular complexity index is 553. The van der Waals surface area contributed by atoms with Gasteiger partial charge in [0.15, 0.2) is 0 Å². The van der Waals surface area contributed by atoms with Crippen molar-refractivity contribution in [3.05, 3.63) is 35.1 Å². The second-order valence-corrected chi connectivity index (χ2v) is 5.02. The van der Waals surface area contributed by atoms with E-state index in [4.69, 9.17) is 5.26 Å². The molecule has 1 aromatic carbocycles. The van der Waals surface area contributed by atoms with Crippen LogP contribution in [0.5, 0.6) is 0 Å². The third kappa shape index (κ3) is 2.45. The van der Waals surface area contributed by atoms with Crippen LogP contribution in [0, 0.1) is 17.1 Å². The van der Waals surface area contributed by atoms with E-state index in [1.54, 1.807) is 11.8 Å².